The summed E-state index contributed by atoms with van der Waals surface area (Å²) in [7, 11) is 1.52. The van der Waals surface area contributed by atoms with E-state index in [-0.39, 0.29) is 23.3 Å². The van der Waals surface area contributed by atoms with Gasteiger partial charge in [-0.2, -0.15) is 5.26 Å². The Hall–Kier alpha value is -3.20. The molecule has 2 rings (SSSR count). The van der Waals surface area contributed by atoms with Crippen LogP contribution < -0.4 is 10.3 Å². The highest BCUT2D eigenvalue weighted by Crippen LogP contribution is 2.15. The highest BCUT2D eigenvalue weighted by atomic mass is 16.5. The molecule has 0 atom stereocenters. The summed E-state index contributed by atoms with van der Waals surface area (Å²) < 4.78 is 5.02. The van der Waals surface area contributed by atoms with Gasteiger partial charge in [0.25, 0.3) is 5.56 Å². The van der Waals surface area contributed by atoms with Crippen LogP contribution in [0.2, 0.25) is 0 Å². The molecule has 1 aromatic heterocycles. The highest BCUT2D eigenvalue weighted by molar-refractivity contribution is 6.14. The fraction of sp³-hybridized carbons (Fsp3) is 0.222. The second-order valence-corrected chi connectivity index (χ2v) is 5.12. The lowest BCUT2D eigenvalue weighted by Gasteiger charge is -2.07. The summed E-state index contributed by atoms with van der Waals surface area (Å²) in [6.07, 6.45) is 0.0784. The zero-order valence-corrected chi connectivity index (χ0v) is 13.4. The minimum atomic E-state index is -0.535. The number of ketones is 2. The van der Waals surface area contributed by atoms with Gasteiger partial charge in [-0.1, -0.05) is 6.92 Å². The maximum absolute atomic E-state index is 12.4. The van der Waals surface area contributed by atoms with E-state index in [4.69, 9.17) is 10.00 Å². The standard InChI is InChI=1S/C18H16N2O4/c1-3-15-14(8-12(10-19)18(23)20-15)17(22)9-16(21)11-4-6-13(24-2)7-5-11/h4-8H,3,9H2,1-2H3,(H,20,23). The first kappa shape index (κ1) is 17.2. The number of aromatic amines is 1. The zero-order valence-electron chi connectivity index (χ0n) is 13.4. The van der Waals surface area contributed by atoms with Gasteiger partial charge < -0.3 is 9.72 Å². The number of nitrogens with one attached hydrogen (secondary N) is 1. The molecule has 2 aromatic rings. The first-order chi connectivity index (χ1) is 11.5. The number of aryl methyl sites for hydroxylation is 1. The SMILES string of the molecule is CCc1[nH]c(=O)c(C#N)cc1C(=O)CC(=O)c1ccc(OC)cc1. The first-order valence-corrected chi connectivity index (χ1v) is 7.36. The number of hydrogen-bond donors (Lipinski definition) is 1. The predicted molar refractivity (Wildman–Crippen MR) is 87.4 cm³/mol. The number of carbonyl (C=O) groups excluding carboxylic acids is 2. The number of carbonyl (C=O) groups is 2. The molecule has 1 aromatic carbocycles. The Morgan fingerprint density at radius 2 is 1.88 bits per heavy atom. The fourth-order valence-electron chi connectivity index (χ4n) is 2.30. The van der Waals surface area contributed by atoms with E-state index in [0.717, 1.165) is 0 Å². The quantitative estimate of drug-likeness (QED) is 0.649. The third kappa shape index (κ3) is 3.58. The number of methoxy groups -OCH3 is 1. The van der Waals surface area contributed by atoms with Crippen molar-refractivity contribution in [3.05, 3.63) is 63.1 Å². The number of nitriles is 1. The molecule has 6 heteroatoms. The maximum atomic E-state index is 12.4. The molecule has 0 unspecified atom stereocenters. The van der Waals surface area contributed by atoms with Gasteiger partial charge >= 0.3 is 0 Å². The lowest BCUT2D eigenvalue weighted by Crippen LogP contribution is -2.18. The minimum Gasteiger partial charge on any atom is -0.497 e. The van der Waals surface area contributed by atoms with Gasteiger partial charge in [0.2, 0.25) is 0 Å². The number of rotatable bonds is 6. The number of H-pyrrole nitrogens is 1. The number of benzene rings is 1. The van der Waals surface area contributed by atoms with Crippen LogP contribution in [-0.2, 0) is 6.42 Å². The summed E-state index contributed by atoms with van der Waals surface area (Å²) in [5.74, 6) is -0.153. The van der Waals surface area contributed by atoms with E-state index in [1.165, 1.54) is 13.2 Å². The normalized spacial score (nSPS) is 10.0. The number of nitrogens with zero attached hydrogens (tertiary/aromatic N) is 1. The summed E-state index contributed by atoms with van der Waals surface area (Å²) in [5.41, 5.74) is 0.342. The van der Waals surface area contributed by atoms with Gasteiger partial charge in [-0.3, -0.25) is 14.4 Å². The molecule has 0 radical (unpaired) electrons. The van der Waals surface area contributed by atoms with Crippen molar-refractivity contribution < 1.29 is 14.3 Å². The summed E-state index contributed by atoms with van der Waals surface area (Å²) >= 11 is 0. The molecule has 0 saturated carbocycles. The van der Waals surface area contributed by atoms with Gasteiger partial charge in [-0.25, -0.2) is 0 Å². The molecule has 0 aliphatic carbocycles. The van der Waals surface area contributed by atoms with Gasteiger partial charge in [-0.15, -0.1) is 0 Å². The summed E-state index contributed by atoms with van der Waals surface area (Å²) in [4.78, 5) is 38.9. The molecule has 0 amide bonds. The van der Waals surface area contributed by atoms with Crippen LogP contribution in [0.5, 0.6) is 5.75 Å². The van der Waals surface area contributed by atoms with Crippen LogP contribution >= 0.6 is 0 Å². The molecule has 0 saturated heterocycles. The molecule has 0 spiro atoms. The molecule has 122 valence electrons. The second kappa shape index (κ2) is 7.38. The number of hydrogen-bond acceptors (Lipinski definition) is 5. The van der Waals surface area contributed by atoms with E-state index >= 15 is 0 Å². The number of ether oxygens (including phenoxy) is 1. The summed E-state index contributed by atoms with van der Waals surface area (Å²) in [5, 5.41) is 8.94. The Bertz CT molecular complexity index is 873. The summed E-state index contributed by atoms with van der Waals surface area (Å²) in [6, 6.07) is 9.45. The van der Waals surface area contributed by atoms with Crippen LogP contribution in [0.15, 0.2) is 35.1 Å². The van der Waals surface area contributed by atoms with Gasteiger partial charge in [-0.05, 0) is 36.8 Å². The van der Waals surface area contributed by atoms with E-state index in [2.05, 4.69) is 4.98 Å². The molecule has 1 heterocycles. The van der Waals surface area contributed by atoms with Gasteiger partial charge in [0.05, 0.1) is 13.5 Å². The lowest BCUT2D eigenvalue weighted by molar-refractivity contribution is 0.0893. The molecule has 24 heavy (non-hydrogen) atoms. The average Bonchev–Trinajstić information content (AvgIpc) is 2.61. The Kier molecular flexibility index (Phi) is 5.27. The third-order valence-electron chi connectivity index (χ3n) is 3.63. The summed E-state index contributed by atoms with van der Waals surface area (Å²) in [6.45, 7) is 1.78. The molecular formula is C18H16N2O4. The third-order valence-corrected chi connectivity index (χ3v) is 3.63. The van der Waals surface area contributed by atoms with E-state index < -0.39 is 11.3 Å². The van der Waals surface area contributed by atoms with Crippen LogP contribution in [0.4, 0.5) is 0 Å². The predicted octanol–water partition coefficient (Wildman–Crippen LogP) is 2.27. The van der Waals surface area contributed by atoms with E-state index in [1.807, 2.05) is 0 Å². The van der Waals surface area contributed by atoms with Crippen molar-refractivity contribution >= 4 is 11.6 Å². The van der Waals surface area contributed by atoms with Gasteiger partial charge in [0, 0.05) is 16.8 Å². The van der Waals surface area contributed by atoms with Crippen molar-refractivity contribution in [2.75, 3.05) is 7.11 Å². The zero-order chi connectivity index (χ0) is 17.7. The Morgan fingerprint density at radius 3 is 2.42 bits per heavy atom. The largest absolute Gasteiger partial charge is 0.497 e. The topological polar surface area (TPSA) is 100 Å². The Balaban J connectivity index is 2.27. The molecule has 6 nitrogen and oxygen atoms in total. The van der Waals surface area contributed by atoms with Gasteiger partial charge in [0.15, 0.2) is 11.6 Å². The van der Waals surface area contributed by atoms with Crippen molar-refractivity contribution in [1.82, 2.24) is 4.98 Å². The lowest BCUT2D eigenvalue weighted by atomic mass is 9.98. The molecule has 0 bridgehead atoms. The van der Waals surface area contributed by atoms with Crippen LogP contribution in [-0.4, -0.2) is 23.7 Å². The molecule has 0 aliphatic heterocycles. The highest BCUT2D eigenvalue weighted by Gasteiger charge is 2.18. The molecule has 1 N–H and O–H groups in total. The van der Waals surface area contributed by atoms with Crippen molar-refractivity contribution in [2.45, 2.75) is 19.8 Å². The maximum Gasteiger partial charge on any atom is 0.266 e. The second-order valence-electron chi connectivity index (χ2n) is 5.12. The number of pyridine rings is 1. The first-order valence-electron chi connectivity index (χ1n) is 7.36. The smallest absolute Gasteiger partial charge is 0.266 e. The number of aromatic nitrogens is 1. The van der Waals surface area contributed by atoms with Crippen LogP contribution in [0.25, 0.3) is 0 Å². The van der Waals surface area contributed by atoms with Crippen LogP contribution in [0.3, 0.4) is 0 Å². The van der Waals surface area contributed by atoms with Crippen molar-refractivity contribution in [3.8, 4) is 11.8 Å². The average molecular weight is 324 g/mol. The van der Waals surface area contributed by atoms with Crippen LogP contribution in [0.1, 0.15) is 45.3 Å². The van der Waals surface area contributed by atoms with Crippen molar-refractivity contribution in [2.24, 2.45) is 0 Å². The Labute approximate surface area is 138 Å². The molecule has 0 aliphatic rings. The number of Topliss-reactive ketones (excluding diaryl/α,β-unsaturated/α-hetero) is 2. The van der Waals surface area contributed by atoms with Gasteiger partial charge in [0.1, 0.15) is 17.4 Å². The minimum absolute atomic E-state index is 0.146. The van der Waals surface area contributed by atoms with Crippen molar-refractivity contribution in [1.29, 1.82) is 5.26 Å². The Morgan fingerprint density at radius 1 is 1.21 bits per heavy atom. The molecular weight excluding hydrogens is 308 g/mol. The van der Waals surface area contributed by atoms with Crippen LogP contribution in [0, 0.1) is 11.3 Å². The monoisotopic (exact) mass is 324 g/mol. The van der Waals surface area contributed by atoms with E-state index in [9.17, 15) is 14.4 Å². The van der Waals surface area contributed by atoms with Crippen molar-refractivity contribution in [3.63, 3.8) is 0 Å². The fourth-order valence-corrected chi connectivity index (χ4v) is 2.30. The van der Waals surface area contributed by atoms with E-state index in [0.29, 0.717) is 23.4 Å². The molecule has 0 fully saturated rings. The van der Waals surface area contributed by atoms with E-state index in [1.54, 1.807) is 37.3 Å².